The summed E-state index contributed by atoms with van der Waals surface area (Å²) >= 11 is 0. The van der Waals surface area contributed by atoms with Gasteiger partial charge in [-0.1, -0.05) is 6.92 Å². The van der Waals surface area contributed by atoms with Crippen molar-refractivity contribution in [3.63, 3.8) is 0 Å². The molecule has 1 saturated heterocycles. The summed E-state index contributed by atoms with van der Waals surface area (Å²) < 4.78 is 0. The van der Waals surface area contributed by atoms with Crippen LogP contribution < -0.4 is 0 Å². The Labute approximate surface area is 113 Å². The van der Waals surface area contributed by atoms with Gasteiger partial charge in [0, 0.05) is 38.6 Å². The molecule has 0 aromatic carbocycles. The van der Waals surface area contributed by atoms with Gasteiger partial charge in [0.1, 0.15) is 6.04 Å². The molecule has 1 aliphatic rings. The van der Waals surface area contributed by atoms with E-state index in [2.05, 4.69) is 16.8 Å². The van der Waals surface area contributed by atoms with Crippen LogP contribution in [-0.2, 0) is 4.79 Å². The molecule has 0 radical (unpaired) electrons. The second kappa shape index (κ2) is 6.63. The van der Waals surface area contributed by atoms with Gasteiger partial charge in [-0.3, -0.25) is 14.7 Å². The van der Waals surface area contributed by atoms with Crippen LogP contribution in [0.3, 0.4) is 0 Å². The molecule has 1 fully saturated rings. The fourth-order valence-corrected chi connectivity index (χ4v) is 2.62. The highest BCUT2D eigenvalue weighted by Crippen LogP contribution is 2.22. The van der Waals surface area contributed by atoms with Crippen LogP contribution in [0.15, 0.2) is 24.5 Å². The molecule has 1 N–H and O–H groups in total. The number of carboxylic acids is 1. The lowest BCUT2D eigenvalue weighted by Gasteiger charge is -2.37. The molecule has 0 spiro atoms. The molecule has 1 atom stereocenters. The van der Waals surface area contributed by atoms with Crippen molar-refractivity contribution in [3.8, 4) is 0 Å². The molecule has 0 bridgehead atoms. The van der Waals surface area contributed by atoms with E-state index in [0.29, 0.717) is 0 Å². The van der Waals surface area contributed by atoms with E-state index in [1.54, 1.807) is 24.5 Å². The Balaban J connectivity index is 2.04. The molecule has 5 heteroatoms. The van der Waals surface area contributed by atoms with Crippen LogP contribution in [0.4, 0.5) is 0 Å². The third kappa shape index (κ3) is 3.52. The topological polar surface area (TPSA) is 56.7 Å². The summed E-state index contributed by atoms with van der Waals surface area (Å²) in [5.41, 5.74) is 0.812. The molecular formula is C14H21N3O2. The number of carbonyl (C=O) groups is 1. The molecule has 5 nitrogen and oxygen atoms in total. The minimum absolute atomic E-state index is 0.549. The number of hydrogen-bond acceptors (Lipinski definition) is 4. The van der Waals surface area contributed by atoms with Gasteiger partial charge in [-0.05, 0) is 30.7 Å². The Morgan fingerprint density at radius 3 is 2.47 bits per heavy atom. The SMILES string of the molecule is CCCN1CCN(C(C(=O)O)c2ccncc2)CC1. The Morgan fingerprint density at radius 1 is 1.32 bits per heavy atom. The predicted octanol–water partition coefficient (Wildman–Crippen LogP) is 1.23. The van der Waals surface area contributed by atoms with Crippen molar-refractivity contribution in [1.29, 1.82) is 0 Å². The Kier molecular flexibility index (Phi) is 4.87. The molecule has 1 aromatic rings. The van der Waals surface area contributed by atoms with Crippen molar-refractivity contribution in [2.24, 2.45) is 0 Å². The summed E-state index contributed by atoms with van der Waals surface area (Å²) in [7, 11) is 0. The molecule has 2 rings (SSSR count). The smallest absolute Gasteiger partial charge is 0.325 e. The number of pyridine rings is 1. The van der Waals surface area contributed by atoms with Gasteiger partial charge < -0.3 is 10.0 Å². The zero-order valence-corrected chi connectivity index (χ0v) is 11.3. The van der Waals surface area contributed by atoms with Crippen LogP contribution in [-0.4, -0.2) is 58.6 Å². The lowest BCUT2D eigenvalue weighted by atomic mass is 10.1. The van der Waals surface area contributed by atoms with Gasteiger partial charge in [0.25, 0.3) is 0 Å². The van der Waals surface area contributed by atoms with Gasteiger partial charge in [-0.15, -0.1) is 0 Å². The third-order valence-electron chi connectivity index (χ3n) is 3.57. The number of aromatic nitrogens is 1. The van der Waals surface area contributed by atoms with Crippen LogP contribution in [0, 0.1) is 0 Å². The number of carboxylic acid groups (broad SMARTS) is 1. The molecule has 1 aliphatic heterocycles. The van der Waals surface area contributed by atoms with E-state index >= 15 is 0 Å². The zero-order valence-electron chi connectivity index (χ0n) is 11.3. The highest BCUT2D eigenvalue weighted by Gasteiger charge is 2.29. The molecule has 19 heavy (non-hydrogen) atoms. The molecule has 2 heterocycles. The lowest BCUT2D eigenvalue weighted by Crippen LogP contribution is -2.49. The largest absolute Gasteiger partial charge is 0.480 e. The maximum atomic E-state index is 11.5. The van der Waals surface area contributed by atoms with E-state index < -0.39 is 12.0 Å². The monoisotopic (exact) mass is 263 g/mol. The maximum Gasteiger partial charge on any atom is 0.325 e. The van der Waals surface area contributed by atoms with E-state index in [1.807, 2.05) is 4.90 Å². The van der Waals surface area contributed by atoms with E-state index in [-0.39, 0.29) is 0 Å². The van der Waals surface area contributed by atoms with Crippen LogP contribution >= 0.6 is 0 Å². The van der Waals surface area contributed by atoms with E-state index in [0.717, 1.165) is 44.7 Å². The average Bonchev–Trinajstić information content (AvgIpc) is 2.42. The zero-order chi connectivity index (χ0) is 13.7. The number of rotatable bonds is 5. The number of hydrogen-bond donors (Lipinski definition) is 1. The van der Waals surface area contributed by atoms with Gasteiger partial charge >= 0.3 is 5.97 Å². The normalized spacial score (nSPS) is 19.2. The highest BCUT2D eigenvalue weighted by atomic mass is 16.4. The quantitative estimate of drug-likeness (QED) is 0.866. The maximum absolute atomic E-state index is 11.5. The fourth-order valence-electron chi connectivity index (χ4n) is 2.62. The van der Waals surface area contributed by atoms with Crippen molar-refractivity contribution < 1.29 is 9.90 Å². The number of aliphatic carboxylic acids is 1. The number of nitrogens with zero attached hydrogens (tertiary/aromatic N) is 3. The van der Waals surface area contributed by atoms with Gasteiger partial charge in [-0.25, -0.2) is 0 Å². The molecule has 1 aromatic heterocycles. The summed E-state index contributed by atoms with van der Waals surface area (Å²) in [6.07, 6.45) is 4.45. The van der Waals surface area contributed by atoms with Gasteiger partial charge in [-0.2, -0.15) is 0 Å². The summed E-state index contributed by atoms with van der Waals surface area (Å²) in [5.74, 6) is -0.782. The average molecular weight is 263 g/mol. The first kappa shape index (κ1) is 14.0. The molecule has 104 valence electrons. The minimum Gasteiger partial charge on any atom is -0.480 e. The Morgan fingerprint density at radius 2 is 1.95 bits per heavy atom. The van der Waals surface area contributed by atoms with Crippen molar-refractivity contribution in [2.45, 2.75) is 19.4 Å². The summed E-state index contributed by atoms with van der Waals surface area (Å²) in [6, 6.07) is 3.03. The standard InChI is InChI=1S/C14H21N3O2/c1-2-7-16-8-10-17(11-9-16)13(14(18)19)12-3-5-15-6-4-12/h3-6,13H,2,7-11H2,1H3,(H,18,19). The van der Waals surface area contributed by atoms with Crippen LogP contribution in [0.2, 0.25) is 0 Å². The van der Waals surface area contributed by atoms with Crippen LogP contribution in [0.1, 0.15) is 24.9 Å². The second-order valence-electron chi connectivity index (χ2n) is 4.90. The first-order chi connectivity index (χ1) is 9.22. The molecule has 0 aliphatic carbocycles. The molecule has 0 saturated carbocycles. The van der Waals surface area contributed by atoms with Crippen molar-refractivity contribution in [1.82, 2.24) is 14.8 Å². The van der Waals surface area contributed by atoms with Crippen molar-refractivity contribution in [3.05, 3.63) is 30.1 Å². The fraction of sp³-hybridized carbons (Fsp3) is 0.571. The first-order valence-electron chi connectivity index (χ1n) is 6.81. The minimum atomic E-state index is -0.782. The summed E-state index contributed by atoms with van der Waals surface area (Å²) in [4.78, 5) is 19.9. The highest BCUT2D eigenvalue weighted by molar-refractivity contribution is 5.75. The molecular weight excluding hydrogens is 242 g/mol. The van der Waals surface area contributed by atoms with Crippen molar-refractivity contribution in [2.75, 3.05) is 32.7 Å². The van der Waals surface area contributed by atoms with Crippen LogP contribution in [0.25, 0.3) is 0 Å². The lowest BCUT2D eigenvalue weighted by molar-refractivity contribution is -0.144. The third-order valence-corrected chi connectivity index (χ3v) is 3.57. The summed E-state index contributed by atoms with van der Waals surface area (Å²) in [5, 5.41) is 9.47. The first-order valence-corrected chi connectivity index (χ1v) is 6.81. The Bertz CT molecular complexity index is 402. The number of piperazine rings is 1. The predicted molar refractivity (Wildman–Crippen MR) is 72.9 cm³/mol. The van der Waals surface area contributed by atoms with E-state index in [9.17, 15) is 9.90 Å². The van der Waals surface area contributed by atoms with Gasteiger partial charge in [0.05, 0.1) is 0 Å². The van der Waals surface area contributed by atoms with Crippen LogP contribution in [0.5, 0.6) is 0 Å². The van der Waals surface area contributed by atoms with Crippen molar-refractivity contribution >= 4 is 5.97 Å². The van der Waals surface area contributed by atoms with Gasteiger partial charge in [0.2, 0.25) is 0 Å². The molecule has 1 unspecified atom stereocenters. The molecule has 0 amide bonds. The second-order valence-corrected chi connectivity index (χ2v) is 4.90. The van der Waals surface area contributed by atoms with Gasteiger partial charge in [0.15, 0.2) is 0 Å². The van der Waals surface area contributed by atoms with E-state index in [4.69, 9.17) is 0 Å². The van der Waals surface area contributed by atoms with E-state index in [1.165, 1.54) is 0 Å². The Hall–Kier alpha value is -1.46. The summed E-state index contributed by atoms with van der Waals surface area (Å²) in [6.45, 7) is 6.77.